The molecule has 0 saturated heterocycles. The third-order valence-corrected chi connectivity index (χ3v) is 11.7. The van der Waals surface area contributed by atoms with Crippen molar-refractivity contribution in [3.05, 3.63) is 192 Å². The first-order valence-electron chi connectivity index (χ1n) is 19.8. The quantitative estimate of drug-likeness (QED) is 0.162. The second-order valence-electron chi connectivity index (χ2n) is 15.2. The van der Waals surface area contributed by atoms with Crippen LogP contribution >= 0.6 is 0 Å². The third-order valence-electron chi connectivity index (χ3n) is 11.7. The molecule has 10 aromatic rings. The molecule has 0 fully saturated rings. The van der Waals surface area contributed by atoms with Crippen LogP contribution < -0.4 is 0 Å². The van der Waals surface area contributed by atoms with Gasteiger partial charge in [0, 0.05) is 32.7 Å². The van der Waals surface area contributed by atoms with Gasteiger partial charge in [-0.1, -0.05) is 97.1 Å². The summed E-state index contributed by atoms with van der Waals surface area (Å²) < 4.78 is 94.3. The third kappa shape index (κ3) is 6.32. The maximum Gasteiger partial charge on any atom is 0.417 e. The lowest BCUT2D eigenvalue weighted by atomic mass is 9.90. The summed E-state index contributed by atoms with van der Waals surface area (Å²) in [4.78, 5) is 0. The molecule has 2 aromatic heterocycles. The molecule has 0 unspecified atom stereocenters. The standard InChI is InChI=1S/C53H27F6N5/c54-52(55,56)43-8-5-9-44(53(57,58)59)50(43)41-24-25-47(63-45-10-3-1-6-37(45)39-22-20-35(26-48(39)63)33-16-12-31(28-60)13-17-33)42(30-62)51(41)64-46-11-4-2-7-38(46)40-23-21-36(27-49(40)64)34-18-14-32(29-61)15-19-34/h1-27H. The Balaban J connectivity index is 1.38. The summed E-state index contributed by atoms with van der Waals surface area (Å²) in [6.07, 6.45) is -10.4. The second kappa shape index (κ2) is 14.8. The van der Waals surface area contributed by atoms with Gasteiger partial charge in [-0.15, -0.1) is 0 Å². The van der Waals surface area contributed by atoms with Crippen LogP contribution in [0.4, 0.5) is 26.3 Å². The molecule has 306 valence electrons. The molecular weight excluding hydrogens is 821 g/mol. The molecule has 0 aliphatic heterocycles. The topological polar surface area (TPSA) is 81.2 Å². The van der Waals surface area contributed by atoms with E-state index >= 15 is 26.3 Å². The molecule has 0 spiro atoms. The Labute approximate surface area is 360 Å². The van der Waals surface area contributed by atoms with Gasteiger partial charge >= 0.3 is 12.4 Å². The van der Waals surface area contributed by atoms with E-state index in [1.807, 2.05) is 77.4 Å². The van der Waals surface area contributed by atoms with Crippen molar-refractivity contribution in [1.82, 2.24) is 9.13 Å². The fourth-order valence-electron chi connectivity index (χ4n) is 8.90. The van der Waals surface area contributed by atoms with E-state index in [1.165, 1.54) is 12.1 Å². The fraction of sp³-hybridized carbons (Fsp3) is 0.0377. The predicted octanol–water partition coefficient (Wildman–Crippen LogP) is 14.5. The fourth-order valence-corrected chi connectivity index (χ4v) is 8.90. The van der Waals surface area contributed by atoms with Gasteiger partial charge in [-0.3, -0.25) is 0 Å². The predicted molar refractivity (Wildman–Crippen MR) is 236 cm³/mol. The van der Waals surface area contributed by atoms with Crippen LogP contribution in [0.1, 0.15) is 27.8 Å². The van der Waals surface area contributed by atoms with E-state index in [0.29, 0.717) is 67.2 Å². The highest BCUT2D eigenvalue weighted by Crippen LogP contribution is 2.49. The number of rotatable bonds is 5. The van der Waals surface area contributed by atoms with Gasteiger partial charge in [-0.2, -0.15) is 42.1 Å². The molecule has 0 radical (unpaired) electrons. The number of benzene rings is 8. The van der Waals surface area contributed by atoms with E-state index in [4.69, 9.17) is 0 Å². The Bertz CT molecular complexity index is 3630. The minimum Gasteiger partial charge on any atom is -0.308 e. The summed E-state index contributed by atoms with van der Waals surface area (Å²) in [5.41, 5.74) is 1.21. The summed E-state index contributed by atoms with van der Waals surface area (Å²) in [5, 5.41) is 33.2. The zero-order chi connectivity index (χ0) is 44.5. The van der Waals surface area contributed by atoms with Crippen molar-refractivity contribution in [3.8, 4) is 63.0 Å². The molecule has 0 amide bonds. The van der Waals surface area contributed by atoms with Gasteiger partial charge in [0.1, 0.15) is 11.6 Å². The van der Waals surface area contributed by atoms with Gasteiger partial charge in [-0.25, -0.2) is 0 Å². The number of aromatic nitrogens is 2. The zero-order valence-electron chi connectivity index (χ0n) is 33.1. The lowest BCUT2D eigenvalue weighted by Crippen LogP contribution is -2.16. The molecule has 0 atom stereocenters. The van der Waals surface area contributed by atoms with Crippen LogP contribution in [-0.2, 0) is 12.4 Å². The Hall–Kier alpha value is -8.59. The molecule has 5 nitrogen and oxygen atoms in total. The van der Waals surface area contributed by atoms with Crippen LogP contribution in [0.5, 0.6) is 0 Å². The first-order valence-corrected chi connectivity index (χ1v) is 19.8. The molecule has 0 aliphatic rings. The molecule has 0 bridgehead atoms. The number of hydrogen-bond donors (Lipinski definition) is 0. The molecule has 8 aromatic carbocycles. The highest BCUT2D eigenvalue weighted by atomic mass is 19.4. The number of halogens is 6. The van der Waals surface area contributed by atoms with Crippen LogP contribution in [0.25, 0.3) is 88.4 Å². The maximum absolute atomic E-state index is 15.2. The van der Waals surface area contributed by atoms with Crippen molar-refractivity contribution in [2.75, 3.05) is 0 Å². The average molecular weight is 848 g/mol. The maximum atomic E-state index is 15.2. The average Bonchev–Trinajstić information content (AvgIpc) is 3.82. The summed E-state index contributed by atoms with van der Waals surface area (Å²) in [6.45, 7) is 0. The molecular formula is C53H27F6N5. The summed E-state index contributed by atoms with van der Waals surface area (Å²) in [5.74, 6) is 0. The molecule has 64 heavy (non-hydrogen) atoms. The number of nitrogens with zero attached hydrogens (tertiary/aromatic N) is 5. The smallest absolute Gasteiger partial charge is 0.308 e. The Morgan fingerprint density at radius 2 is 0.828 bits per heavy atom. The molecule has 0 N–H and O–H groups in total. The molecule has 0 aliphatic carbocycles. The van der Waals surface area contributed by atoms with Crippen molar-refractivity contribution in [2.24, 2.45) is 0 Å². The molecule has 11 heteroatoms. The van der Waals surface area contributed by atoms with Gasteiger partial charge < -0.3 is 9.13 Å². The van der Waals surface area contributed by atoms with Gasteiger partial charge in [0.2, 0.25) is 0 Å². The van der Waals surface area contributed by atoms with E-state index in [2.05, 4.69) is 18.2 Å². The Morgan fingerprint density at radius 3 is 1.30 bits per heavy atom. The second-order valence-corrected chi connectivity index (χ2v) is 15.2. The van der Waals surface area contributed by atoms with E-state index in [-0.39, 0.29) is 16.9 Å². The Kier molecular flexibility index (Phi) is 9.14. The van der Waals surface area contributed by atoms with Crippen molar-refractivity contribution < 1.29 is 26.3 Å². The van der Waals surface area contributed by atoms with Gasteiger partial charge in [0.25, 0.3) is 0 Å². The number of fused-ring (bicyclic) bond motifs is 6. The molecule has 0 saturated carbocycles. The summed E-state index contributed by atoms with van der Waals surface area (Å²) in [6, 6.07) is 50.7. The van der Waals surface area contributed by atoms with Crippen LogP contribution in [0, 0.1) is 34.0 Å². The van der Waals surface area contributed by atoms with E-state index < -0.39 is 34.6 Å². The number of alkyl halides is 6. The number of nitriles is 3. The lowest BCUT2D eigenvalue weighted by molar-refractivity contribution is -0.142. The van der Waals surface area contributed by atoms with Crippen LogP contribution in [-0.4, -0.2) is 9.13 Å². The lowest BCUT2D eigenvalue weighted by Gasteiger charge is -2.24. The highest BCUT2D eigenvalue weighted by Gasteiger charge is 2.42. The normalized spacial score (nSPS) is 11.9. The first kappa shape index (κ1) is 39.5. The van der Waals surface area contributed by atoms with Crippen LogP contribution in [0.2, 0.25) is 0 Å². The van der Waals surface area contributed by atoms with Crippen molar-refractivity contribution in [2.45, 2.75) is 12.4 Å². The van der Waals surface area contributed by atoms with Gasteiger partial charge in [-0.05, 0) is 89.0 Å². The monoisotopic (exact) mass is 847 g/mol. The molecule has 10 rings (SSSR count). The summed E-state index contributed by atoms with van der Waals surface area (Å²) in [7, 11) is 0. The zero-order valence-corrected chi connectivity index (χ0v) is 33.1. The van der Waals surface area contributed by atoms with E-state index in [0.717, 1.165) is 28.0 Å². The van der Waals surface area contributed by atoms with Crippen LogP contribution in [0.3, 0.4) is 0 Å². The van der Waals surface area contributed by atoms with E-state index in [9.17, 15) is 15.8 Å². The first-order chi connectivity index (χ1) is 30.9. The molecule has 2 heterocycles. The number of hydrogen-bond acceptors (Lipinski definition) is 3. The van der Waals surface area contributed by atoms with Crippen molar-refractivity contribution in [1.29, 1.82) is 15.8 Å². The largest absolute Gasteiger partial charge is 0.417 e. The minimum atomic E-state index is -5.22. The number of para-hydroxylation sites is 2. The summed E-state index contributed by atoms with van der Waals surface area (Å²) >= 11 is 0. The van der Waals surface area contributed by atoms with Crippen molar-refractivity contribution in [3.63, 3.8) is 0 Å². The SMILES string of the molecule is N#Cc1ccc(-c2ccc3c4ccccc4n(-c4ccc(-c5c(C(F)(F)F)cccc5C(F)(F)F)c(-n5c6ccccc6c6ccc(-c7ccc(C#N)cc7)cc65)c4C#N)c3c2)cc1. The Morgan fingerprint density at radius 1 is 0.391 bits per heavy atom. The van der Waals surface area contributed by atoms with Crippen molar-refractivity contribution >= 4 is 43.6 Å². The highest BCUT2D eigenvalue weighted by molar-refractivity contribution is 6.13. The van der Waals surface area contributed by atoms with Gasteiger partial charge in [0.05, 0.1) is 67.8 Å². The van der Waals surface area contributed by atoms with E-state index in [1.54, 1.807) is 65.2 Å². The van der Waals surface area contributed by atoms with Gasteiger partial charge in [0.15, 0.2) is 0 Å². The van der Waals surface area contributed by atoms with Crippen LogP contribution in [0.15, 0.2) is 164 Å². The minimum absolute atomic E-state index is 0.180.